The Morgan fingerprint density at radius 3 is 1.84 bits per heavy atom. The second-order valence-corrected chi connectivity index (χ2v) is 9.57. The highest BCUT2D eigenvalue weighted by atomic mass is 127. The van der Waals surface area contributed by atoms with Gasteiger partial charge in [0.25, 0.3) is 0 Å². The topological polar surface area (TPSA) is 51.5 Å². The molecule has 0 aliphatic heterocycles. The average molecular weight is 653 g/mol. The predicted molar refractivity (Wildman–Crippen MR) is 144 cm³/mol. The zero-order valence-corrected chi connectivity index (χ0v) is 22.3. The van der Waals surface area contributed by atoms with Gasteiger partial charge in [-0.1, -0.05) is 24.3 Å². The van der Waals surface area contributed by atoms with Crippen LogP contribution in [0.3, 0.4) is 0 Å². The van der Waals surface area contributed by atoms with Crippen molar-refractivity contribution in [3.8, 4) is 34.4 Å². The smallest absolute Gasteiger partial charge is 0.133 e. The number of benzene rings is 3. The molecule has 0 fully saturated rings. The summed E-state index contributed by atoms with van der Waals surface area (Å²) in [6, 6.07) is 21.9. The maximum Gasteiger partial charge on any atom is 0.133 e. The van der Waals surface area contributed by atoms with E-state index >= 15 is 0 Å². The highest BCUT2D eigenvalue weighted by molar-refractivity contribution is 14.1. The first kappa shape index (κ1) is 24.6. The van der Waals surface area contributed by atoms with E-state index in [1.807, 2.05) is 48.5 Å². The van der Waals surface area contributed by atoms with Crippen LogP contribution >= 0.6 is 45.2 Å². The van der Waals surface area contributed by atoms with Crippen LogP contribution in [0.15, 0.2) is 60.7 Å². The van der Waals surface area contributed by atoms with Crippen LogP contribution in [0.5, 0.6) is 17.2 Å². The van der Waals surface area contributed by atoms with Crippen LogP contribution in [0.2, 0.25) is 0 Å². The minimum absolute atomic E-state index is 0.672. The summed E-state index contributed by atoms with van der Waals surface area (Å²) >= 11 is 4.55. The lowest BCUT2D eigenvalue weighted by molar-refractivity contribution is 0.286. The molecule has 0 spiro atoms. The van der Waals surface area contributed by atoms with E-state index in [-0.39, 0.29) is 0 Å². The van der Waals surface area contributed by atoms with E-state index in [2.05, 4.69) is 63.4 Å². The third-order valence-electron chi connectivity index (χ3n) is 4.97. The second kappa shape index (κ2) is 12.9. The molecule has 0 aromatic heterocycles. The Kier molecular flexibility index (Phi) is 9.93. The molecule has 0 heterocycles. The standard InChI is InChI=1S/C26H25I2NO3/c1-30-25-16-24(28)26(17-23(25)27)32-15-5-3-2-4-14-31-22-12-10-21(11-13-22)20-8-6-19(18-29)7-9-20/h6-13,16-17H,2-5,14-15H2,1H3. The van der Waals surface area contributed by atoms with Gasteiger partial charge < -0.3 is 14.2 Å². The normalized spacial score (nSPS) is 10.4. The van der Waals surface area contributed by atoms with Gasteiger partial charge in [0.15, 0.2) is 0 Å². The zero-order valence-electron chi connectivity index (χ0n) is 17.9. The maximum absolute atomic E-state index is 8.90. The monoisotopic (exact) mass is 653 g/mol. The van der Waals surface area contributed by atoms with Gasteiger partial charge in [0, 0.05) is 0 Å². The van der Waals surface area contributed by atoms with Crippen molar-refractivity contribution in [1.82, 2.24) is 0 Å². The highest BCUT2D eigenvalue weighted by Crippen LogP contribution is 2.31. The van der Waals surface area contributed by atoms with Crippen LogP contribution in [0.1, 0.15) is 31.2 Å². The maximum atomic E-state index is 8.90. The van der Waals surface area contributed by atoms with Gasteiger partial charge in [-0.25, -0.2) is 0 Å². The molecule has 32 heavy (non-hydrogen) atoms. The minimum atomic E-state index is 0.672. The van der Waals surface area contributed by atoms with E-state index in [0.717, 1.165) is 67.8 Å². The van der Waals surface area contributed by atoms with E-state index < -0.39 is 0 Å². The highest BCUT2D eigenvalue weighted by Gasteiger charge is 2.08. The molecular formula is C26H25I2NO3. The molecule has 0 aliphatic rings. The van der Waals surface area contributed by atoms with Gasteiger partial charge in [0.2, 0.25) is 0 Å². The summed E-state index contributed by atoms with van der Waals surface area (Å²) < 4.78 is 19.3. The number of hydrogen-bond acceptors (Lipinski definition) is 4. The van der Waals surface area contributed by atoms with Gasteiger partial charge in [-0.05, 0) is 118 Å². The molecule has 166 valence electrons. The fourth-order valence-corrected chi connectivity index (χ4v) is 4.44. The Balaban J connectivity index is 1.31. The molecule has 3 rings (SSSR count). The van der Waals surface area contributed by atoms with Crippen molar-refractivity contribution < 1.29 is 14.2 Å². The van der Waals surface area contributed by atoms with Gasteiger partial charge in [-0.15, -0.1) is 0 Å². The number of unbranched alkanes of at least 4 members (excludes halogenated alkanes) is 3. The first-order valence-corrected chi connectivity index (χ1v) is 12.7. The summed E-state index contributed by atoms with van der Waals surface area (Å²) in [5.41, 5.74) is 2.88. The third kappa shape index (κ3) is 7.27. The second-order valence-electron chi connectivity index (χ2n) is 7.24. The summed E-state index contributed by atoms with van der Waals surface area (Å²) in [6.07, 6.45) is 4.28. The predicted octanol–water partition coefficient (Wildman–Crippen LogP) is 7.46. The molecule has 0 radical (unpaired) electrons. The molecule has 0 saturated heterocycles. The van der Waals surface area contributed by atoms with Crippen LogP contribution < -0.4 is 14.2 Å². The first-order chi connectivity index (χ1) is 15.6. The van der Waals surface area contributed by atoms with Gasteiger partial charge in [0.1, 0.15) is 17.2 Å². The van der Waals surface area contributed by atoms with Crippen molar-refractivity contribution in [2.45, 2.75) is 25.7 Å². The number of ether oxygens (including phenoxy) is 3. The van der Waals surface area contributed by atoms with Crippen LogP contribution in [0, 0.1) is 18.5 Å². The van der Waals surface area contributed by atoms with E-state index in [0.29, 0.717) is 12.2 Å². The molecule has 0 aliphatic carbocycles. The van der Waals surface area contributed by atoms with Crippen LogP contribution in [0.4, 0.5) is 0 Å². The quantitative estimate of drug-likeness (QED) is 0.159. The third-order valence-corrected chi connectivity index (χ3v) is 6.66. The first-order valence-electron chi connectivity index (χ1n) is 10.5. The molecule has 6 heteroatoms. The van der Waals surface area contributed by atoms with E-state index in [9.17, 15) is 0 Å². The molecule has 3 aromatic carbocycles. The van der Waals surface area contributed by atoms with Gasteiger partial charge >= 0.3 is 0 Å². The van der Waals surface area contributed by atoms with E-state index in [4.69, 9.17) is 19.5 Å². The minimum Gasteiger partial charge on any atom is -0.496 e. The summed E-state index contributed by atoms with van der Waals surface area (Å²) in [6.45, 7) is 1.43. The van der Waals surface area contributed by atoms with E-state index in [1.54, 1.807) is 7.11 Å². The number of methoxy groups -OCH3 is 1. The number of rotatable bonds is 11. The van der Waals surface area contributed by atoms with Crippen LogP contribution in [0.25, 0.3) is 11.1 Å². The Bertz CT molecular complexity index is 1040. The van der Waals surface area contributed by atoms with Crippen LogP contribution in [-0.4, -0.2) is 20.3 Å². The molecule has 0 saturated carbocycles. The number of hydrogen-bond donors (Lipinski definition) is 0. The molecular weight excluding hydrogens is 628 g/mol. The zero-order chi connectivity index (χ0) is 22.8. The van der Waals surface area contributed by atoms with E-state index in [1.165, 1.54) is 0 Å². The Morgan fingerprint density at radius 1 is 0.719 bits per heavy atom. The lowest BCUT2D eigenvalue weighted by Crippen LogP contribution is -2.01. The molecule has 0 N–H and O–H groups in total. The van der Waals surface area contributed by atoms with Crippen molar-refractivity contribution in [2.24, 2.45) is 0 Å². The van der Waals surface area contributed by atoms with Gasteiger partial charge in [0.05, 0.1) is 39.1 Å². The summed E-state index contributed by atoms with van der Waals surface area (Å²) in [5, 5.41) is 8.90. The fourth-order valence-electron chi connectivity index (χ4n) is 3.19. The molecule has 0 unspecified atom stereocenters. The summed E-state index contributed by atoms with van der Waals surface area (Å²) in [5.74, 6) is 2.68. The van der Waals surface area contributed by atoms with Crippen LogP contribution in [-0.2, 0) is 0 Å². The lowest BCUT2D eigenvalue weighted by atomic mass is 10.0. The molecule has 0 bridgehead atoms. The number of nitriles is 1. The van der Waals surface area contributed by atoms with Crippen molar-refractivity contribution in [3.63, 3.8) is 0 Å². The Hall–Kier alpha value is -1.99. The van der Waals surface area contributed by atoms with Crippen molar-refractivity contribution in [3.05, 3.63) is 73.4 Å². The largest absolute Gasteiger partial charge is 0.496 e. The Labute approximate surface area is 217 Å². The van der Waals surface area contributed by atoms with Crippen molar-refractivity contribution >= 4 is 45.2 Å². The van der Waals surface area contributed by atoms with Gasteiger partial charge in [-0.3, -0.25) is 0 Å². The summed E-state index contributed by atoms with van der Waals surface area (Å²) in [4.78, 5) is 0. The van der Waals surface area contributed by atoms with Crippen molar-refractivity contribution in [1.29, 1.82) is 5.26 Å². The van der Waals surface area contributed by atoms with Crippen molar-refractivity contribution in [2.75, 3.05) is 20.3 Å². The summed E-state index contributed by atoms with van der Waals surface area (Å²) in [7, 11) is 1.68. The fraction of sp³-hybridized carbons (Fsp3) is 0.269. The SMILES string of the molecule is COc1cc(I)c(OCCCCCCOc2ccc(-c3ccc(C#N)cc3)cc2)cc1I. The molecule has 4 nitrogen and oxygen atoms in total. The number of halogens is 2. The van der Waals surface area contributed by atoms with Gasteiger partial charge in [-0.2, -0.15) is 5.26 Å². The molecule has 3 aromatic rings. The number of nitrogens with zero attached hydrogens (tertiary/aromatic N) is 1. The molecule has 0 atom stereocenters. The lowest BCUT2D eigenvalue weighted by Gasteiger charge is -2.11. The Morgan fingerprint density at radius 2 is 1.25 bits per heavy atom. The molecule has 0 amide bonds. The average Bonchev–Trinajstić information content (AvgIpc) is 2.83.